The molecular formula is C17H27N5O3S. The molecule has 0 spiro atoms. The number of carbonyl (C=O) groups excluding carboxylic acids is 2. The van der Waals surface area contributed by atoms with Crippen LogP contribution >= 0.6 is 11.3 Å². The Hall–Kier alpha value is -1.71. The minimum atomic E-state index is -0.0773. The van der Waals surface area contributed by atoms with Gasteiger partial charge < -0.3 is 20.3 Å². The fraction of sp³-hybridized carbons (Fsp3) is 0.706. The Bertz CT molecular complexity index is 603. The Balaban J connectivity index is 1.31. The first-order chi connectivity index (χ1) is 12.7. The molecule has 3 rings (SSSR count). The van der Waals surface area contributed by atoms with Gasteiger partial charge in [-0.3, -0.25) is 14.5 Å². The van der Waals surface area contributed by atoms with Crippen LogP contribution in [0, 0.1) is 0 Å². The maximum atomic E-state index is 12.2. The molecule has 8 nitrogen and oxygen atoms in total. The molecular weight excluding hydrogens is 354 g/mol. The van der Waals surface area contributed by atoms with Crippen LogP contribution in [0.4, 0.5) is 5.13 Å². The third-order valence-corrected chi connectivity index (χ3v) is 5.55. The highest BCUT2D eigenvalue weighted by Crippen LogP contribution is 2.18. The predicted octanol–water partition coefficient (Wildman–Crippen LogP) is 0.630. The van der Waals surface area contributed by atoms with Gasteiger partial charge in [-0.1, -0.05) is 11.3 Å². The molecule has 144 valence electrons. The van der Waals surface area contributed by atoms with Crippen molar-refractivity contribution in [2.24, 2.45) is 0 Å². The number of thiazole rings is 1. The zero-order chi connectivity index (χ0) is 18.2. The minimum absolute atomic E-state index is 0.0773. The molecule has 2 N–H and O–H groups in total. The maximum Gasteiger partial charge on any atom is 0.263 e. The number of morpholine rings is 1. The summed E-state index contributed by atoms with van der Waals surface area (Å²) in [6.07, 6.45) is 4.15. The van der Waals surface area contributed by atoms with Crippen LogP contribution in [0.15, 0.2) is 6.20 Å². The molecule has 0 atom stereocenters. The van der Waals surface area contributed by atoms with Crippen molar-refractivity contribution in [3.8, 4) is 0 Å². The highest BCUT2D eigenvalue weighted by molar-refractivity contribution is 7.17. The summed E-state index contributed by atoms with van der Waals surface area (Å²) >= 11 is 1.36. The number of nitrogens with zero attached hydrogens (tertiary/aromatic N) is 3. The second kappa shape index (κ2) is 9.84. The van der Waals surface area contributed by atoms with Crippen molar-refractivity contribution in [1.82, 2.24) is 20.1 Å². The van der Waals surface area contributed by atoms with Crippen LogP contribution in [0.2, 0.25) is 0 Å². The molecule has 0 aliphatic carbocycles. The average Bonchev–Trinajstić information content (AvgIpc) is 3.29. The van der Waals surface area contributed by atoms with Gasteiger partial charge in [-0.05, 0) is 12.8 Å². The number of aromatic nitrogens is 1. The lowest BCUT2D eigenvalue weighted by atomic mass is 10.4. The zero-order valence-electron chi connectivity index (χ0n) is 15.0. The molecule has 0 unspecified atom stereocenters. The van der Waals surface area contributed by atoms with Crippen molar-refractivity contribution < 1.29 is 14.3 Å². The number of nitrogens with one attached hydrogen (secondary N) is 2. The summed E-state index contributed by atoms with van der Waals surface area (Å²) in [5.74, 6) is 0.182. The first kappa shape index (κ1) is 19.1. The van der Waals surface area contributed by atoms with Gasteiger partial charge in [0.2, 0.25) is 5.91 Å². The van der Waals surface area contributed by atoms with E-state index < -0.39 is 0 Å². The van der Waals surface area contributed by atoms with Gasteiger partial charge in [0.1, 0.15) is 4.88 Å². The molecule has 0 saturated carbocycles. The van der Waals surface area contributed by atoms with Crippen LogP contribution in [-0.2, 0) is 9.53 Å². The van der Waals surface area contributed by atoms with Crippen molar-refractivity contribution in [3.63, 3.8) is 0 Å². The van der Waals surface area contributed by atoms with Gasteiger partial charge in [-0.25, -0.2) is 4.98 Å². The number of ether oxygens (including phenoxy) is 1. The maximum absolute atomic E-state index is 12.2. The number of anilines is 1. The van der Waals surface area contributed by atoms with Gasteiger partial charge in [-0.2, -0.15) is 0 Å². The van der Waals surface area contributed by atoms with E-state index in [0.29, 0.717) is 17.8 Å². The molecule has 1 aromatic rings. The molecule has 0 aromatic carbocycles. The average molecular weight is 382 g/mol. The van der Waals surface area contributed by atoms with E-state index in [1.54, 1.807) is 6.20 Å². The summed E-state index contributed by atoms with van der Waals surface area (Å²) in [4.78, 5) is 32.8. The van der Waals surface area contributed by atoms with E-state index >= 15 is 0 Å². The number of amides is 2. The molecule has 0 radical (unpaired) electrons. The molecule has 2 aliphatic heterocycles. The van der Waals surface area contributed by atoms with E-state index in [-0.39, 0.29) is 11.8 Å². The Labute approximate surface area is 157 Å². The van der Waals surface area contributed by atoms with Gasteiger partial charge >= 0.3 is 0 Å². The Kier molecular flexibility index (Phi) is 7.22. The van der Waals surface area contributed by atoms with Crippen LogP contribution in [0.5, 0.6) is 0 Å². The predicted molar refractivity (Wildman–Crippen MR) is 101 cm³/mol. The van der Waals surface area contributed by atoms with E-state index in [0.717, 1.165) is 70.5 Å². The van der Waals surface area contributed by atoms with Gasteiger partial charge in [0.05, 0.1) is 19.4 Å². The Morgan fingerprint density at radius 3 is 2.85 bits per heavy atom. The first-order valence-electron chi connectivity index (χ1n) is 9.28. The number of hydrogen-bond donors (Lipinski definition) is 2. The van der Waals surface area contributed by atoms with E-state index in [1.165, 1.54) is 11.3 Å². The zero-order valence-corrected chi connectivity index (χ0v) is 15.9. The summed E-state index contributed by atoms with van der Waals surface area (Å²) in [6.45, 7) is 7.26. The van der Waals surface area contributed by atoms with Crippen LogP contribution in [0.3, 0.4) is 0 Å². The molecule has 2 fully saturated rings. The van der Waals surface area contributed by atoms with Gasteiger partial charge in [-0.15, -0.1) is 0 Å². The SMILES string of the molecule is O=C(NCCN1CCOCC1)c1cnc(NCCCN2CCCC2=O)s1. The van der Waals surface area contributed by atoms with E-state index in [4.69, 9.17) is 4.74 Å². The highest BCUT2D eigenvalue weighted by Gasteiger charge is 2.19. The van der Waals surface area contributed by atoms with Crippen molar-refractivity contribution in [2.75, 3.05) is 64.3 Å². The van der Waals surface area contributed by atoms with E-state index in [1.807, 2.05) is 4.90 Å². The van der Waals surface area contributed by atoms with Gasteiger partial charge in [0.15, 0.2) is 5.13 Å². The highest BCUT2D eigenvalue weighted by atomic mass is 32.1. The summed E-state index contributed by atoms with van der Waals surface area (Å²) in [7, 11) is 0. The van der Waals surface area contributed by atoms with Crippen LogP contribution in [0.25, 0.3) is 0 Å². The second-order valence-corrected chi connectivity index (χ2v) is 7.53. The van der Waals surface area contributed by atoms with Crippen molar-refractivity contribution in [2.45, 2.75) is 19.3 Å². The normalized spacial score (nSPS) is 18.3. The Morgan fingerprint density at radius 1 is 1.23 bits per heavy atom. The smallest absolute Gasteiger partial charge is 0.263 e. The molecule has 2 aliphatic rings. The van der Waals surface area contributed by atoms with Gasteiger partial charge in [0, 0.05) is 52.2 Å². The quantitative estimate of drug-likeness (QED) is 0.610. The van der Waals surface area contributed by atoms with Crippen molar-refractivity contribution >= 4 is 28.3 Å². The van der Waals surface area contributed by atoms with Crippen LogP contribution in [0.1, 0.15) is 28.9 Å². The molecule has 9 heteroatoms. The topological polar surface area (TPSA) is 86.8 Å². The Morgan fingerprint density at radius 2 is 2.08 bits per heavy atom. The number of rotatable bonds is 9. The minimum Gasteiger partial charge on any atom is -0.379 e. The largest absolute Gasteiger partial charge is 0.379 e. The summed E-state index contributed by atoms with van der Waals surface area (Å²) < 4.78 is 5.31. The van der Waals surface area contributed by atoms with Crippen molar-refractivity contribution in [3.05, 3.63) is 11.1 Å². The number of carbonyl (C=O) groups is 2. The summed E-state index contributed by atoms with van der Waals surface area (Å²) in [5.41, 5.74) is 0. The number of hydrogen-bond acceptors (Lipinski definition) is 7. The third-order valence-electron chi connectivity index (χ3n) is 4.60. The third kappa shape index (κ3) is 5.65. The summed E-state index contributed by atoms with van der Waals surface area (Å²) in [6, 6.07) is 0. The molecule has 3 heterocycles. The lowest BCUT2D eigenvalue weighted by Crippen LogP contribution is -2.41. The summed E-state index contributed by atoms with van der Waals surface area (Å²) in [5, 5.41) is 6.93. The first-order valence-corrected chi connectivity index (χ1v) is 10.1. The molecule has 0 bridgehead atoms. The molecule has 2 saturated heterocycles. The van der Waals surface area contributed by atoms with E-state index in [2.05, 4.69) is 20.5 Å². The van der Waals surface area contributed by atoms with Crippen LogP contribution in [-0.4, -0.2) is 85.6 Å². The molecule has 1 aromatic heterocycles. The number of likely N-dealkylation sites (tertiary alicyclic amines) is 1. The monoisotopic (exact) mass is 381 g/mol. The lowest BCUT2D eigenvalue weighted by Gasteiger charge is -2.26. The van der Waals surface area contributed by atoms with Crippen LogP contribution < -0.4 is 10.6 Å². The second-order valence-electron chi connectivity index (χ2n) is 6.50. The fourth-order valence-electron chi connectivity index (χ4n) is 3.11. The standard InChI is InChI=1S/C17H27N5O3S/c23-15-3-1-6-22(15)7-2-4-19-17-20-13-14(26-17)16(24)18-5-8-21-9-11-25-12-10-21/h13H,1-12H2,(H,18,24)(H,19,20). The van der Waals surface area contributed by atoms with E-state index in [9.17, 15) is 9.59 Å². The van der Waals surface area contributed by atoms with Gasteiger partial charge in [0.25, 0.3) is 5.91 Å². The van der Waals surface area contributed by atoms with Crippen molar-refractivity contribution in [1.29, 1.82) is 0 Å². The molecule has 26 heavy (non-hydrogen) atoms. The fourth-order valence-corrected chi connectivity index (χ4v) is 3.86. The lowest BCUT2D eigenvalue weighted by molar-refractivity contribution is -0.127. The molecule has 2 amide bonds.